The van der Waals surface area contributed by atoms with Crippen molar-refractivity contribution in [1.82, 2.24) is 25.0 Å². The molecule has 2 aliphatic heterocycles. The highest BCUT2D eigenvalue weighted by atomic mass is 19.1. The third-order valence-electron chi connectivity index (χ3n) is 9.58. The van der Waals surface area contributed by atoms with Crippen LogP contribution in [0.3, 0.4) is 0 Å². The summed E-state index contributed by atoms with van der Waals surface area (Å²) in [4.78, 5) is 50.5. The Morgan fingerprint density at radius 3 is 2.41 bits per heavy atom. The molecule has 0 radical (unpaired) electrons. The fraction of sp³-hybridized carbons (Fsp3) is 0.486. The first kappa shape index (κ1) is 32.0. The van der Waals surface area contributed by atoms with Crippen LogP contribution in [0.5, 0.6) is 0 Å². The van der Waals surface area contributed by atoms with Crippen LogP contribution >= 0.6 is 0 Å². The van der Waals surface area contributed by atoms with Gasteiger partial charge in [-0.05, 0) is 68.1 Å². The van der Waals surface area contributed by atoms with E-state index in [0.717, 1.165) is 25.7 Å². The molecule has 3 fully saturated rings. The summed E-state index contributed by atoms with van der Waals surface area (Å²) in [5.74, 6) is -1.15. The minimum atomic E-state index is -0.488. The van der Waals surface area contributed by atoms with E-state index in [2.05, 4.69) is 5.32 Å². The van der Waals surface area contributed by atoms with Gasteiger partial charge in [0.1, 0.15) is 11.6 Å². The van der Waals surface area contributed by atoms with Gasteiger partial charge in [0.15, 0.2) is 0 Å². The van der Waals surface area contributed by atoms with Gasteiger partial charge in [-0.15, -0.1) is 0 Å². The SMILES string of the molecule is CC(NC(=O)c1c(CN2CCN(CC(=O)N3CCOCC3)C(=O)C2)c(-c2ccc(F)cc2)nc2ccc(F)cc12)C1CCCCC1. The van der Waals surface area contributed by atoms with Crippen molar-refractivity contribution in [3.05, 3.63) is 65.2 Å². The largest absolute Gasteiger partial charge is 0.378 e. The number of aromatic nitrogens is 1. The van der Waals surface area contributed by atoms with Crippen LogP contribution in [-0.2, 0) is 20.9 Å². The molecule has 3 aromatic rings. The molecular formula is C35H41F2N5O4. The zero-order valence-electron chi connectivity index (χ0n) is 26.3. The van der Waals surface area contributed by atoms with Gasteiger partial charge in [-0.2, -0.15) is 0 Å². The third kappa shape index (κ3) is 7.20. The predicted molar refractivity (Wildman–Crippen MR) is 170 cm³/mol. The topological polar surface area (TPSA) is 95.1 Å². The summed E-state index contributed by atoms with van der Waals surface area (Å²) >= 11 is 0. The normalized spacial score (nSPS) is 19.0. The number of fused-ring (bicyclic) bond motifs is 1. The number of rotatable bonds is 8. The molecule has 2 aromatic carbocycles. The molecule has 244 valence electrons. The van der Waals surface area contributed by atoms with Gasteiger partial charge in [-0.1, -0.05) is 19.3 Å². The van der Waals surface area contributed by atoms with Crippen LogP contribution < -0.4 is 5.32 Å². The number of hydrogen-bond donors (Lipinski definition) is 1. The molecule has 1 N–H and O–H groups in total. The van der Waals surface area contributed by atoms with Gasteiger partial charge < -0.3 is 19.9 Å². The van der Waals surface area contributed by atoms with Gasteiger partial charge in [0, 0.05) is 55.3 Å². The quantitative estimate of drug-likeness (QED) is 0.396. The summed E-state index contributed by atoms with van der Waals surface area (Å²) in [7, 11) is 0. The molecule has 1 saturated carbocycles. The number of benzene rings is 2. The zero-order chi connectivity index (χ0) is 32.2. The molecule has 9 nitrogen and oxygen atoms in total. The van der Waals surface area contributed by atoms with Gasteiger partial charge in [0.25, 0.3) is 5.91 Å². The van der Waals surface area contributed by atoms with E-state index in [1.807, 2.05) is 11.8 Å². The molecule has 11 heteroatoms. The van der Waals surface area contributed by atoms with Crippen molar-refractivity contribution in [3.63, 3.8) is 0 Å². The summed E-state index contributed by atoms with van der Waals surface area (Å²) in [5.41, 5.74) is 2.39. The molecule has 46 heavy (non-hydrogen) atoms. The number of morpholine rings is 1. The molecule has 6 rings (SSSR count). The molecule has 1 unspecified atom stereocenters. The van der Waals surface area contributed by atoms with E-state index in [1.165, 1.54) is 30.7 Å². The Morgan fingerprint density at radius 1 is 0.978 bits per heavy atom. The highest BCUT2D eigenvalue weighted by Crippen LogP contribution is 2.33. The lowest BCUT2D eigenvalue weighted by Crippen LogP contribution is -2.54. The fourth-order valence-electron chi connectivity index (χ4n) is 6.92. The second-order valence-electron chi connectivity index (χ2n) is 12.7. The van der Waals surface area contributed by atoms with Crippen LogP contribution in [-0.4, -0.2) is 95.9 Å². The van der Waals surface area contributed by atoms with Crippen LogP contribution in [0.15, 0.2) is 42.5 Å². The average molecular weight is 634 g/mol. The van der Waals surface area contributed by atoms with Crippen molar-refractivity contribution in [3.8, 4) is 11.3 Å². The van der Waals surface area contributed by atoms with E-state index < -0.39 is 11.6 Å². The van der Waals surface area contributed by atoms with E-state index in [4.69, 9.17) is 9.72 Å². The number of nitrogens with one attached hydrogen (secondary N) is 1. The molecule has 1 atom stereocenters. The molecule has 1 aromatic heterocycles. The van der Waals surface area contributed by atoms with Crippen LogP contribution in [0, 0.1) is 17.6 Å². The Balaban J connectivity index is 1.32. The Labute approximate surface area is 267 Å². The van der Waals surface area contributed by atoms with E-state index in [9.17, 15) is 23.2 Å². The van der Waals surface area contributed by atoms with Crippen molar-refractivity contribution in [2.45, 2.75) is 51.6 Å². The maximum Gasteiger partial charge on any atom is 0.252 e. The second-order valence-corrected chi connectivity index (χ2v) is 12.7. The fourth-order valence-corrected chi connectivity index (χ4v) is 6.92. The lowest BCUT2D eigenvalue weighted by molar-refractivity contribution is -0.145. The maximum absolute atomic E-state index is 14.7. The molecule has 3 aliphatic rings. The second kappa shape index (κ2) is 14.2. The van der Waals surface area contributed by atoms with Crippen LogP contribution in [0.4, 0.5) is 8.78 Å². The van der Waals surface area contributed by atoms with Gasteiger partial charge in [0.05, 0.1) is 43.1 Å². The first-order valence-corrected chi connectivity index (χ1v) is 16.3. The minimum Gasteiger partial charge on any atom is -0.378 e. The number of piperazine rings is 1. The van der Waals surface area contributed by atoms with E-state index in [-0.39, 0.29) is 43.4 Å². The lowest BCUT2D eigenvalue weighted by Gasteiger charge is -2.36. The maximum atomic E-state index is 14.7. The summed E-state index contributed by atoms with van der Waals surface area (Å²) in [6.07, 6.45) is 5.55. The summed E-state index contributed by atoms with van der Waals surface area (Å²) in [6.45, 7) is 5.07. The third-order valence-corrected chi connectivity index (χ3v) is 9.58. The monoisotopic (exact) mass is 633 g/mol. The lowest BCUT2D eigenvalue weighted by atomic mass is 9.84. The number of pyridine rings is 1. The van der Waals surface area contributed by atoms with Crippen molar-refractivity contribution >= 4 is 28.6 Å². The van der Waals surface area contributed by atoms with Gasteiger partial charge in [0.2, 0.25) is 11.8 Å². The van der Waals surface area contributed by atoms with E-state index in [0.29, 0.717) is 78.6 Å². The van der Waals surface area contributed by atoms with Gasteiger partial charge in [-0.3, -0.25) is 19.3 Å². The van der Waals surface area contributed by atoms with E-state index in [1.54, 1.807) is 28.0 Å². The number of hydrogen-bond acceptors (Lipinski definition) is 6. The molecule has 0 spiro atoms. The number of ether oxygens (including phenoxy) is 1. The predicted octanol–water partition coefficient (Wildman–Crippen LogP) is 4.38. The highest BCUT2D eigenvalue weighted by molar-refractivity contribution is 6.09. The van der Waals surface area contributed by atoms with E-state index >= 15 is 0 Å². The highest BCUT2D eigenvalue weighted by Gasteiger charge is 2.31. The van der Waals surface area contributed by atoms with Crippen molar-refractivity contribution in [2.24, 2.45) is 5.92 Å². The Morgan fingerprint density at radius 2 is 1.70 bits per heavy atom. The molecule has 3 amide bonds. The number of carbonyl (C=O) groups excluding carboxylic acids is 3. The molecular weight excluding hydrogens is 592 g/mol. The smallest absolute Gasteiger partial charge is 0.252 e. The Bertz CT molecular complexity index is 1590. The van der Waals surface area contributed by atoms with Crippen LogP contribution in [0.1, 0.15) is 54.9 Å². The average Bonchev–Trinajstić information content (AvgIpc) is 3.06. The number of halogens is 2. The Kier molecular flexibility index (Phi) is 9.89. The molecule has 1 aliphatic carbocycles. The van der Waals surface area contributed by atoms with Gasteiger partial charge in [-0.25, -0.2) is 13.8 Å². The number of amides is 3. The minimum absolute atomic E-state index is 0.0109. The standard InChI is InChI=1S/C35H41F2N5O4/c1-23(24-5-3-2-4-6-24)38-35(45)33-28-19-27(37)11-12-30(28)39-34(25-7-9-26(36)10-8-25)29(33)20-40-13-14-42(31(43)21-40)22-32(44)41-15-17-46-18-16-41/h7-12,19,23-24H,2-6,13-18,20-22H2,1H3,(H,38,45). The molecule has 0 bridgehead atoms. The first-order valence-electron chi connectivity index (χ1n) is 16.3. The van der Waals surface area contributed by atoms with Crippen molar-refractivity contribution < 1.29 is 27.9 Å². The zero-order valence-corrected chi connectivity index (χ0v) is 26.3. The Hall–Kier alpha value is -3.96. The van der Waals surface area contributed by atoms with Crippen LogP contribution in [0.25, 0.3) is 22.2 Å². The van der Waals surface area contributed by atoms with Gasteiger partial charge >= 0.3 is 0 Å². The van der Waals surface area contributed by atoms with Crippen LogP contribution in [0.2, 0.25) is 0 Å². The summed E-state index contributed by atoms with van der Waals surface area (Å²) in [6, 6.07) is 10.0. The number of nitrogens with zero attached hydrogens (tertiary/aromatic N) is 4. The number of carbonyl (C=O) groups is 3. The van der Waals surface area contributed by atoms with Crippen molar-refractivity contribution in [2.75, 3.05) is 52.5 Å². The molecule has 2 saturated heterocycles. The molecule has 3 heterocycles. The van der Waals surface area contributed by atoms with Crippen molar-refractivity contribution in [1.29, 1.82) is 0 Å². The summed E-state index contributed by atoms with van der Waals surface area (Å²) in [5, 5.41) is 3.60. The first-order chi connectivity index (χ1) is 22.3. The summed E-state index contributed by atoms with van der Waals surface area (Å²) < 4.78 is 34.0.